The van der Waals surface area contributed by atoms with Crippen LogP contribution in [-0.4, -0.2) is 52.2 Å². The number of likely N-dealkylation sites (tertiary alicyclic amines) is 1. The zero-order valence-corrected chi connectivity index (χ0v) is 23.3. The van der Waals surface area contributed by atoms with Crippen LogP contribution in [-0.2, 0) is 16.8 Å². The van der Waals surface area contributed by atoms with Crippen LogP contribution in [0.1, 0.15) is 30.0 Å². The number of amides is 1. The molecule has 210 valence electrons. The molecule has 0 spiro atoms. The van der Waals surface area contributed by atoms with E-state index in [4.69, 9.17) is 11.6 Å². The first-order valence-corrected chi connectivity index (χ1v) is 13.9. The van der Waals surface area contributed by atoms with Gasteiger partial charge in [-0.05, 0) is 31.1 Å². The summed E-state index contributed by atoms with van der Waals surface area (Å²) in [6.07, 6.45) is 2.19. The molecule has 1 aromatic heterocycles. The molecule has 3 unspecified atom stereocenters. The zero-order valence-electron chi connectivity index (χ0n) is 21.4. The van der Waals surface area contributed by atoms with Gasteiger partial charge < -0.3 is 20.2 Å². The smallest absolute Gasteiger partial charge is 0.226 e. The first-order chi connectivity index (χ1) is 19.0. The molecule has 0 radical (unpaired) electrons. The van der Waals surface area contributed by atoms with E-state index in [9.17, 15) is 14.3 Å². The van der Waals surface area contributed by atoms with Gasteiger partial charge in [-0.3, -0.25) is 4.79 Å². The molecule has 3 aliphatic rings. The van der Waals surface area contributed by atoms with E-state index < -0.39 is 35.3 Å². The van der Waals surface area contributed by atoms with Crippen molar-refractivity contribution in [2.45, 2.75) is 37.1 Å². The average molecular weight is 593 g/mol. The zero-order chi connectivity index (χ0) is 28.5. The van der Waals surface area contributed by atoms with Crippen LogP contribution in [0.4, 0.5) is 34.8 Å². The van der Waals surface area contributed by atoms with E-state index in [2.05, 4.69) is 19.5 Å². The molecule has 12 heteroatoms. The summed E-state index contributed by atoms with van der Waals surface area (Å²) in [5.41, 5.74) is -1.21. The Labute approximate surface area is 235 Å². The third-order valence-corrected chi connectivity index (χ3v) is 9.16. The SMILES string of the molecule is C[C@]1(c2cccc(Cl)c2F)CN(c2cc(F)c(CO)cc2F)c2cnc(NC3CN(C(=O)C4CC4P)C3)c(F)c21. The molecule has 2 N–H and O–H groups in total. The molecule has 4 atom stereocenters. The van der Waals surface area contributed by atoms with Crippen molar-refractivity contribution in [2.24, 2.45) is 5.92 Å². The molecule has 6 rings (SSSR count). The number of benzene rings is 2. The lowest BCUT2D eigenvalue weighted by Crippen LogP contribution is -2.57. The summed E-state index contributed by atoms with van der Waals surface area (Å²) in [4.78, 5) is 19.8. The molecule has 3 heterocycles. The number of nitrogens with one attached hydrogen (secondary N) is 1. The first-order valence-electron chi connectivity index (χ1n) is 12.8. The fourth-order valence-electron chi connectivity index (χ4n) is 5.73. The predicted molar refractivity (Wildman–Crippen MR) is 147 cm³/mol. The molecule has 6 nitrogen and oxygen atoms in total. The van der Waals surface area contributed by atoms with Crippen LogP contribution in [0.25, 0.3) is 0 Å². The number of pyridine rings is 1. The molecule has 3 aromatic rings. The summed E-state index contributed by atoms with van der Waals surface area (Å²) >= 11 is 6.08. The van der Waals surface area contributed by atoms with Gasteiger partial charge in [0.25, 0.3) is 0 Å². The van der Waals surface area contributed by atoms with E-state index in [0.29, 0.717) is 18.7 Å². The number of nitrogens with zero attached hydrogens (tertiary/aromatic N) is 3. The largest absolute Gasteiger partial charge is 0.392 e. The monoisotopic (exact) mass is 592 g/mol. The Bertz CT molecular complexity index is 1540. The molecule has 2 fully saturated rings. The van der Waals surface area contributed by atoms with E-state index >= 15 is 13.2 Å². The molecule has 2 aliphatic heterocycles. The number of hydrogen-bond donors (Lipinski definition) is 2. The molecule has 40 heavy (non-hydrogen) atoms. The number of anilines is 3. The van der Waals surface area contributed by atoms with Gasteiger partial charge in [-0.15, -0.1) is 9.24 Å². The summed E-state index contributed by atoms with van der Waals surface area (Å²) in [6.45, 7) is 1.58. The molecule has 1 aliphatic carbocycles. The lowest BCUT2D eigenvalue weighted by atomic mass is 9.77. The number of aliphatic hydroxyl groups excluding tert-OH is 1. The van der Waals surface area contributed by atoms with Crippen molar-refractivity contribution in [1.82, 2.24) is 9.88 Å². The fourth-order valence-corrected chi connectivity index (χ4v) is 6.37. The quantitative estimate of drug-likeness (QED) is 0.307. The fraction of sp³-hybridized carbons (Fsp3) is 0.357. The predicted octanol–water partition coefficient (Wildman–Crippen LogP) is 5.13. The topological polar surface area (TPSA) is 68.7 Å². The maximum atomic E-state index is 16.3. The summed E-state index contributed by atoms with van der Waals surface area (Å²) < 4.78 is 61.5. The molecule has 1 saturated heterocycles. The summed E-state index contributed by atoms with van der Waals surface area (Å²) in [7, 11) is 2.66. The van der Waals surface area contributed by atoms with Gasteiger partial charge in [0.1, 0.15) is 17.5 Å². The normalized spacial score (nSPS) is 23.7. The standard InChI is InChI=1S/C28H26ClF4N4O2P/c1-28(16-3-2-4-17(29)24(16)32)12-37(20-7-18(30)13(11-38)5-19(20)31)21-8-34-26(25(33)23(21)28)35-14-9-36(10-14)27(39)15-6-22(15)40/h2-5,7-8,14-15,22,38H,6,9-12,40H2,1H3,(H,34,35)/t15?,22?,28-/m1/s1. The number of halogens is 5. The minimum atomic E-state index is -1.37. The second-order valence-electron chi connectivity index (χ2n) is 10.8. The van der Waals surface area contributed by atoms with E-state index in [-0.39, 0.29) is 63.3 Å². The number of hydrogen-bond acceptors (Lipinski definition) is 5. The number of carbonyl (C=O) groups excluding carboxylic acids is 1. The molecule has 0 bridgehead atoms. The van der Waals surface area contributed by atoms with Gasteiger partial charge >= 0.3 is 0 Å². The average Bonchev–Trinajstić information content (AvgIpc) is 3.55. The highest BCUT2D eigenvalue weighted by atomic mass is 35.5. The molecular weight excluding hydrogens is 567 g/mol. The van der Waals surface area contributed by atoms with Crippen molar-refractivity contribution in [2.75, 3.05) is 29.9 Å². The first kappa shape index (κ1) is 27.2. The van der Waals surface area contributed by atoms with Gasteiger partial charge in [-0.2, -0.15) is 0 Å². The highest BCUT2D eigenvalue weighted by molar-refractivity contribution is 7.18. The Morgan fingerprint density at radius 1 is 1.18 bits per heavy atom. The summed E-state index contributed by atoms with van der Waals surface area (Å²) in [5.74, 6) is -3.14. The van der Waals surface area contributed by atoms with Crippen LogP contribution >= 0.6 is 20.8 Å². The Morgan fingerprint density at radius 3 is 2.58 bits per heavy atom. The van der Waals surface area contributed by atoms with Crippen LogP contribution in [0.3, 0.4) is 0 Å². The minimum absolute atomic E-state index is 0.0248. The van der Waals surface area contributed by atoms with Crippen LogP contribution in [0.15, 0.2) is 36.5 Å². The van der Waals surface area contributed by atoms with Crippen molar-refractivity contribution < 1.29 is 27.5 Å². The second kappa shape index (κ2) is 9.86. The maximum Gasteiger partial charge on any atom is 0.226 e. The molecular formula is C28H26ClF4N4O2P. The van der Waals surface area contributed by atoms with Crippen LogP contribution in [0.2, 0.25) is 5.02 Å². The van der Waals surface area contributed by atoms with Crippen molar-refractivity contribution in [3.05, 3.63) is 81.5 Å². The number of aromatic nitrogens is 1. The number of aliphatic hydroxyl groups is 1. The third-order valence-electron chi connectivity index (χ3n) is 8.13. The van der Waals surface area contributed by atoms with Gasteiger partial charge in [0.05, 0.1) is 35.2 Å². The van der Waals surface area contributed by atoms with Gasteiger partial charge in [-0.1, -0.05) is 23.7 Å². The lowest BCUT2D eigenvalue weighted by Gasteiger charge is -2.40. The molecule has 2 aromatic carbocycles. The lowest BCUT2D eigenvalue weighted by molar-refractivity contribution is -0.136. The van der Waals surface area contributed by atoms with E-state index in [1.807, 2.05) is 0 Å². The summed E-state index contributed by atoms with van der Waals surface area (Å²) in [5, 5.41) is 12.2. The Morgan fingerprint density at radius 2 is 1.90 bits per heavy atom. The summed E-state index contributed by atoms with van der Waals surface area (Å²) in [6, 6.07) is 5.98. The maximum absolute atomic E-state index is 16.3. The van der Waals surface area contributed by atoms with Crippen LogP contribution < -0.4 is 10.2 Å². The van der Waals surface area contributed by atoms with Crippen molar-refractivity contribution in [3.63, 3.8) is 0 Å². The molecule has 1 amide bonds. The number of carbonyl (C=O) groups is 1. The van der Waals surface area contributed by atoms with Crippen molar-refractivity contribution in [1.29, 1.82) is 0 Å². The highest BCUT2D eigenvalue weighted by Crippen LogP contribution is 2.51. The van der Waals surface area contributed by atoms with E-state index in [1.54, 1.807) is 17.9 Å². The molecule has 1 saturated carbocycles. The van der Waals surface area contributed by atoms with Crippen molar-refractivity contribution >= 4 is 43.9 Å². The van der Waals surface area contributed by atoms with Gasteiger partial charge in [0.2, 0.25) is 5.91 Å². The van der Waals surface area contributed by atoms with E-state index in [1.165, 1.54) is 23.2 Å². The minimum Gasteiger partial charge on any atom is -0.392 e. The number of rotatable bonds is 6. The van der Waals surface area contributed by atoms with Crippen LogP contribution in [0, 0.1) is 29.2 Å². The highest BCUT2D eigenvalue weighted by Gasteiger charge is 2.48. The Kier molecular flexibility index (Phi) is 6.71. The Hall–Kier alpha value is -2.94. The van der Waals surface area contributed by atoms with E-state index in [0.717, 1.165) is 18.6 Å². The van der Waals surface area contributed by atoms with Crippen LogP contribution in [0.5, 0.6) is 0 Å². The third kappa shape index (κ3) is 4.32. The second-order valence-corrected chi connectivity index (χ2v) is 12.1. The van der Waals surface area contributed by atoms with Gasteiger partial charge in [0, 0.05) is 53.7 Å². The van der Waals surface area contributed by atoms with Crippen molar-refractivity contribution in [3.8, 4) is 0 Å². The Balaban J connectivity index is 1.39. The number of fused-ring (bicyclic) bond motifs is 1. The van der Waals surface area contributed by atoms with Gasteiger partial charge in [0.15, 0.2) is 11.6 Å². The van der Waals surface area contributed by atoms with Gasteiger partial charge in [-0.25, -0.2) is 22.5 Å².